The molecule has 1 aromatic rings. The van der Waals surface area contributed by atoms with Gasteiger partial charge in [0.2, 0.25) is 0 Å². The Hall–Kier alpha value is -0.290. The highest BCUT2D eigenvalue weighted by molar-refractivity contribution is 14.1. The van der Waals surface area contributed by atoms with Gasteiger partial charge in [0, 0.05) is 21.2 Å². The molecule has 0 atom stereocenters. The smallest absolute Gasteiger partial charge is 0.255 e. The number of hydrogen-bond donors (Lipinski definition) is 0. The van der Waals surface area contributed by atoms with Crippen LogP contribution < -0.4 is 0 Å². The molecule has 0 saturated heterocycles. The second-order valence-corrected chi connectivity index (χ2v) is 8.40. The minimum Gasteiger partial charge on any atom is -0.336 e. The van der Waals surface area contributed by atoms with Gasteiger partial charge in [0.05, 0.1) is 5.56 Å². The van der Waals surface area contributed by atoms with Gasteiger partial charge in [0.25, 0.3) is 5.91 Å². The Morgan fingerprint density at radius 2 is 1.95 bits per heavy atom. The highest BCUT2D eigenvalue weighted by Crippen LogP contribution is 2.30. The Morgan fingerprint density at radius 1 is 1.32 bits per heavy atom. The molecular weight excluding hydrogens is 409 g/mol. The minimum atomic E-state index is 0.112. The lowest BCUT2D eigenvalue weighted by Crippen LogP contribution is -2.41. The average molecular weight is 434 g/mol. The van der Waals surface area contributed by atoms with Crippen LogP contribution in [0.1, 0.15) is 56.8 Å². The fourth-order valence-corrected chi connectivity index (χ4v) is 3.87. The number of amides is 1. The molecule has 1 fully saturated rings. The van der Waals surface area contributed by atoms with Crippen molar-refractivity contribution in [3.8, 4) is 0 Å². The van der Waals surface area contributed by atoms with Crippen LogP contribution >= 0.6 is 34.2 Å². The number of hydrogen-bond acceptors (Lipinski definition) is 1. The average Bonchev–Trinajstić information content (AvgIpc) is 2.48. The van der Waals surface area contributed by atoms with Gasteiger partial charge in [-0.3, -0.25) is 4.79 Å². The van der Waals surface area contributed by atoms with Crippen LogP contribution in [0.4, 0.5) is 0 Å². The molecule has 2 rings (SSSR count). The van der Waals surface area contributed by atoms with Crippen molar-refractivity contribution in [1.82, 2.24) is 4.90 Å². The first-order valence-corrected chi connectivity index (χ1v) is 9.60. The third-order valence-electron chi connectivity index (χ3n) is 4.63. The van der Waals surface area contributed by atoms with Crippen LogP contribution in [-0.2, 0) is 0 Å². The summed E-state index contributed by atoms with van der Waals surface area (Å²) in [6.45, 7) is 7.39. The van der Waals surface area contributed by atoms with Gasteiger partial charge in [0.1, 0.15) is 0 Å². The zero-order valence-corrected chi connectivity index (χ0v) is 16.5. The fraction of sp³-hybridized carbons (Fsp3) is 0.611. The molecule has 0 N–H and O–H groups in total. The molecule has 0 unspecified atom stereocenters. The van der Waals surface area contributed by atoms with Crippen LogP contribution in [0.25, 0.3) is 0 Å². The van der Waals surface area contributed by atoms with Gasteiger partial charge in [-0.05, 0) is 79.3 Å². The molecule has 0 aliphatic heterocycles. The molecule has 1 saturated carbocycles. The van der Waals surface area contributed by atoms with Crippen molar-refractivity contribution >= 4 is 40.1 Å². The molecule has 0 radical (unpaired) electrons. The quantitative estimate of drug-likeness (QED) is 0.564. The first-order chi connectivity index (χ1) is 10.4. The maximum atomic E-state index is 13.0. The summed E-state index contributed by atoms with van der Waals surface area (Å²) in [7, 11) is 0. The van der Waals surface area contributed by atoms with Crippen molar-refractivity contribution in [1.29, 1.82) is 0 Å². The zero-order chi connectivity index (χ0) is 16.3. The summed E-state index contributed by atoms with van der Waals surface area (Å²) in [4.78, 5) is 15.0. The Kier molecular flexibility index (Phi) is 6.57. The molecule has 1 aliphatic rings. The standard InChI is InChI=1S/C18H25ClINO/c1-12(2)21(11-14-6-4-13(3)5-7-14)18(22)16-10-15(19)8-9-17(16)20/h8-10,12-14H,4-7,11H2,1-3H3. The van der Waals surface area contributed by atoms with E-state index in [0.29, 0.717) is 10.9 Å². The van der Waals surface area contributed by atoms with Crippen LogP contribution in [0, 0.1) is 15.4 Å². The highest BCUT2D eigenvalue weighted by Gasteiger charge is 2.26. The van der Waals surface area contributed by atoms with E-state index in [9.17, 15) is 4.79 Å². The first-order valence-electron chi connectivity index (χ1n) is 8.14. The lowest BCUT2D eigenvalue weighted by Gasteiger charge is -2.34. The third-order valence-corrected chi connectivity index (χ3v) is 5.81. The molecule has 1 amide bonds. The molecule has 1 aliphatic carbocycles. The van der Waals surface area contributed by atoms with E-state index >= 15 is 0 Å². The van der Waals surface area contributed by atoms with Crippen LogP contribution in [-0.4, -0.2) is 23.4 Å². The zero-order valence-electron chi connectivity index (χ0n) is 13.6. The van der Waals surface area contributed by atoms with Gasteiger partial charge in [-0.15, -0.1) is 0 Å². The second kappa shape index (κ2) is 8.00. The first kappa shape index (κ1) is 18.1. The fourth-order valence-electron chi connectivity index (χ4n) is 3.13. The SMILES string of the molecule is CC1CCC(CN(C(=O)c2cc(Cl)ccc2I)C(C)C)CC1. The van der Waals surface area contributed by atoms with Crippen LogP contribution in [0.2, 0.25) is 5.02 Å². The predicted octanol–water partition coefficient (Wildman–Crippen LogP) is 5.62. The van der Waals surface area contributed by atoms with E-state index in [-0.39, 0.29) is 11.9 Å². The lowest BCUT2D eigenvalue weighted by molar-refractivity contribution is 0.0646. The molecule has 2 nitrogen and oxygen atoms in total. The van der Waals surface area contributed by atoms with E-state index in [4.69, 9.17) is 11.6 Å². The normalized spacial score (nSPS) is 21.9. The molecule has 0 aromatic heterocycles. The van der Waals surface area contributed by atoms with Crippen LogP contribution in [0.3, 0.4) is 0 Å². The molecule has 0 heterocycles. The summed E-state index contributed by atoms with van der Waals surface area (Å²) in [5.74, 6) is 1.59. The Morgan fingerprint density at radius 3 is 2.55 bits per heavy atom. The second-order valence-electron chi connectivity index (χ2n) is 6.80. The van der Waals surface area contributed by atoms with E-state index in [0.717, 1.165) is 21.6 Å². The lowest BCUT2D eigenvalue weighted by atomic mass is 9.82. The van der Waals surface area contributed by atoms with Crippen molar-refractivity contribution in [3.63, 3.8) is 0 Å². The largest absolute Gasteiger partial charge is 0.336 e. The number of carbonyl (C=O) groups is 1. The summed E-state index contributed by atoms with van der Waals surface area (Å²) in [5.41, 5.74) is 0.728. The number of benzene rings is 1. The van der Waals surface area contributed by atoms with Crippen molar-refractivity contribution in [3.05, 3.63) is 32.4 Å². The van der Waals surface area contributed by atoms with E-state index in [1.807, 2.05) is 17.0 Å². The number of nitrogens with zero attached hydrogens (tertiary/aromatic N) is 1. The number of carbonyl (C=O) groups excluding carboxylic acids is 1. The van der Waals surface area contributed by atoms with Gasteiger partial charge in [-0.25, -0.2) is 0 Å². The van der Waals surface area contributed by atoms with Crippen LogP contribution in [0.15, 0.2) is 18.2 Å². The molecule has 4 heteroatoms. The highest BCUT2D eigenvalue weighted by atomic mass is 127. The van der Waals surface area contributed by atoms with Gasteiger partial charge in [-0.2, -0.15) is 0 Å². The van der Waals surface area contributed by atoms with E-state index < -0.39 is 0 Å². The molecule has 22 heavy (non-hydrogen) atoms. The van der Waals surface area contributed by atoms with Crippen molar-refractivity contribution < 1.29 is 4.79 Å². The van der Waals surface area contributed by atoms with Crippen LogP contribution in [0.5, 0.6) is 0 Å². The molecular formula is C18H25ClINO. The van der Waals surface area contributed by atoms with Crippen molar-refractivity contribution in [2.75, 3.05) is 6.54 Å². The summed E-state index contributed by atoms with van der Waals surface area (Å²) in [6.07, 6.45) is 5.06. The number of rotatable bonds is 4. The Bertz CT molecular complexity index is 524. The maximum Gasteiger partial charge on any atom is 0.255 e. The Labute approximate surface area is 152 Å². The molecule has 122 valence electrons. The van der Waals surface area contributed by atoms with Crippen molar-refractivity contribution in [2.45, 2.75) is 52.5 Å². The molecule has 1 aromatic carbocycles. The van der Waals surface area contributed by atoms with E-state index in [1.54, 1.807) is 6.07 Å². The topological polar surface area (TPSA) is 20.3 Å². The summed E-state index contributed by atoms with van der Waals surface area (Å²) < 4.78 is 0.968. The van der Waals surface area contributed by atoms with E-state index in [1.165, 1.54) is 25.7 Å². The van der Waals surface area contributed by atoms with Gasteiger partial charge < -0.3 is 4.90 Å². The summed E-state index contributed by atoms with van der Waals surface area (Å²) in [5, 5.41) is 0.624. The number of halogens is 2. The van der Waals surface area contributed by atoms with E-state index in [2.05, 4.69) is 43.4 Å². The summed E-state index contributed by atoms with van der Waals surface area (Å²) in [6, 6.07) is 5.75. The Balaban J connectivity index is 2.13. The van der Waals surface area contributed by atoms with Gasteiger partial charge in [0.15, 0.2) is 0 Å². The van der Waals surface area contributed by atoms with Gasteiger partial charge in [-0.1, -0.05) is 31.4 Å². The van der Waals surface area contributed by atoms with Crippen molar-refractivity contribution in [2.24, 2.45) is 11.8 Å². The maximum absolute atomic E-state index is 13.0. The molecule has 0 bridgehead atoms. The minimum absolute atomic E-state index is 0.112. The molecule has 0 spiro atoms. The van der Waals surface area contributed by atoms with Gasteiger partial charge >= 0.3 is 0 Å². The third kappa shape index (κ3) is 4.60. The summed E-state index contributed by atoms with van der Waals surface area (Å²) >= 11 is 8.30. The monoisotopic (exact) mass is 433 g/mol. The predicted molar refractivity (Wildman–Crippen MR) is 101 cm³/mol.